The maximum atomic E-state index is 12.4. The minimum atomic E-state index is 0. The van der Waals surface area contributed by atoms with E-state index < -0.39 is 0 Å². The Labute approximate surface area is 163 Å². The molecular formula is C18H30Cl2N4O. The zero-order valence-electron chi connectivity index (χ0n) is 14.6. The summed E-state index contributed by atoms with van der Waals surface area (Å²) in [6.07, 6.45) is 9.77. The van der Waals surface area contributed by atoms with Crippen LogP contribution in [0, 0.1) is 5.92 Å². The molecule has 2 atom stereocenters. The molecule has 1 aliphatic carbocycles. The van der Waals surface area contributed by atoms with Crippen molar-refractivity contribution >= 4 is 30.7 Å². The molecule has 142 valence electrons. The summed E-state index contributed by atoms with van der Waals surface area (Å²) >= 11 is 0. The molecule has 3 N–H and O–H groups in total. The van der Waals surface area contributed by atoms with Crippen LogP contribution >= 0.6 is 24.8 Å². The first-order valence-electron chi connectivity index (χ1n) is 8.88. The third kappa shape index (κ3) is 6.74. The second-order valence-electron chi connectivity index (χ2n) is 7.04. The SMILES string of the molecule is Cl.Cl.NC1CCCC(C(=O)NC2CCN(Cc3ccncc3)CC2)C1. The normalized spacial score (nSPS) is 24.7. The van der Waals surface area contributed by atoms with Gasteiger partial charge in [0.25, 0.3) is 0 Å². The van der Waals surface area contributed by atoms with E-state index in [4.69, 9.17) is 5.73 Å². The van der Waals surface area contributed by atoms with Gasteiger partial charge in [-0.3, -0.25) is 14.7 Å². The number of piperidine rings is 1. The van der Waals surface area contributed by atoms with Crippen LogP contribution in [-0.2, 0) is 11.3 Å². The van der Waals surface area contributed by atoms with Crippen molar-refractivity contribution in [3.8, 4) is 0 Å². The van der Waals surface area contributed by atoms with E-state index in [-0.39, 0.29) is 42.7 Å². The molecule has 1 saturated carbocycles. The van der Waals surface area contributed by atoms with Crippen molar-refractivity contribution in [1.82, 2.24) is 15.2 Å². The quantitative estimate of drug-likeness (QED) is 0.830. The molecule has 2 unspecified atom stereocenters. The molecule has 0 bridgehead atoms. The summed E-state index contributed by atoms with van der Waals surface area (Å²) in [5, 5.41) is 3.26. The van der Waals surface area contributed by atoms with Crippen LogP contribution in [0.15, 0.2) is 24.5 Å². The number of hydrogen-bond donors (Lipinski definition) is 2. The number of amides is 1. The highest BCUT2D eigenvalue weighted by molar-refractivity contribution is 5.85. The number of aromatic nitrogens is 1. The number of nitrogens with two attached hydrogens (primary N) is 1. The van der Waals surface area contributed by atoms with Crippen LogP contribution in [0.2, 0.25) is 0 Å². The van der Waals surface area contributed by atoms with Gasteiger partial charge in [-0.1, -0.05) is 6.42 Å². The molecular weight excluding hydrogens is 359 g/mol. The van der Waals surface area contributed by atoms with Crippen molar-refractivity contribution in [3.63, 3.8) is 0 Å². The fourth-order valence-electron chi connectivity index (χ4n) is 3.77. The van der Waals surface area contributed by atoms with E-state index in [0.29, 0.717) is 6.04 Å². The summed E-state index contributed by atoms with van der Waals surface area (Å²) in [4.78, 5) is 18.9. The van der Waals surface area contributed by atoms with Gasteiger partial charge >= 0.3 is 0 Å². The van der Waals surface area contributed by atoms with Crippen LogP contribution in [0.4, 0.5) is 0 Å². The second-order valence-corrected chi connectivity index (χ2v) is 7.04. The molecule has 1 amide bonds. The highest BCUT2D eigenvalue weighted by atomic mass is 35.5. The first-order chi connectivity index (χ1) is 11.2. The first kappa shape index (κ1) is 22.2. The van der Waals surface area contributed by atoms with E-state index in [2.05, 4.69) is 27.3 Å². The van der Waals surface area contributed by atoms with Crippen LogP contribution in [0.5, 0.6) is 0 Å². The number of hydrogen-bond acceptors (Lipinski definition) is 4. The van der Waals surface area contributed by atoms with Gasteiger partial charge in [0.2, 0.25) is 5.91 Å². The molecule has 7 heteroatoms. The van der Waals surface area contributed by atoms with Gasteiger partial charge in [-0.05, 0) is 49.8 Å². The molecule has 0 aromatic carbocycles. The number of nitrogens with one attached hydrogen (secondary N) is 1. The molecule has 0 spiro atoms. The summed E-state index contributed by atoms with van der Waals surface area (Å²) in [5.74, 6) is 0.362. The van der Waals surface area contributed by atoms with Crippen molar-refractivity contribution < 1.29 is 4.79 Å². The minimum absolute atomic E-state index is 0. The second kappa shape index (κ2) is 11.0. The summed E-state index contributed by atoms with van der Waals surface area (Å²) < 4.78 is 0. The molecule has 2 heterocycles. The third-order valence-corrected chi connectivity index (χ3v) is 5.18. The Morgan fingerprint density at radius 1 is 1.16 bits per heavy atom. The smallest absolute Gasteiger partial charge is 0.223 e. The highest BCUT2D eigenvalue weighted by Crippen LogP contribution is 2.24. The predicted octanol–water partition coefficient (Wildman–Crippen LogP) is 2.52. The summed E-state index contributed by atoms with van der Waals surface area (Å²) in [6, 6.07) is 4.68. The van der Waals surface area contributed by atoms with Crippen LogP contribution in [0.3, 0.4) is 0 Å². The molecule has 1 saturated heterocycles. The standard InChI is InChI=1S/C18H28N4O.2ClH/c19-16-3-1-2-15(12-16)18(23)21-17-6-10-22(11-7-17)13-14-4-8-20-9-5-14;;/h4-5,8-9,15-17H,1-3,6-7,10-13,19H2,(H,21,23);2*1H. The monoisotopic (exact) mass is 388 g/mol. The van der Waals surface area contributed by atoms with Crippen molar-refractivity contribution in [2.75, 3.05) is 13.1 Å². The van der Waals surface area contributed by atoms with Gasteiger partial charge in [-0.25, -0.2) is 0 Å². The molecule has 2 aliphatic rings. The van der Waals surface area contributed by atoms with Crippen molar-refractivity contribution in [2.45, 2.75) is 57.2 Å². The Hall–Kier alpha value is -0.880. The van der Waals surface area contributed by atoms with Gasteiger partial charge in [0.1, 0.15) is 0 Å². The van der Waals surface area contributed by atoms with E-state index in [1.54, 1.807) is 0 Å². The number of rotatable bonds is 4. The highest BCUT2D eigenvalue weighted by Gasteiger charge is 2.28. The Morgan fingerprint density at radius 2 is 1.84 bits per heavy atom. The van der Waals surface area contributed by atoms with Gasteiger partial charge in [0.15, 0.2) is 0 Å². The van der Waals surface area contributed by atoms with Gasteiger partial charge in [-0.2, -0.15) is 0 Å². The summed E-state index contributed by atoms with van der Waals surface area (Å²) in [7, 11) is 0. The van der Waals surface area contributed by atoms with E-state index in [9.17, 15) is 4.79 Å². The molecule has 0 radical (unpaired) electrons. The number of halogens is 2. The number of carbonyl (C=O) groups is 1. The summed E-state index contributed by atoms with van der Waals surface area (Å²) in [5.41, 5.74) is 7.30. The topological polar surface area (TPSA) is 71.2 Å². The Balaban J connectivity index is 0.00000156. The van der Waals surface area contributed by atoms with Crippen molar-refractivity contribution in [1.29, 1.82) is 0 Å². The molecule has 3 rings (SSSR count). The molecule has 5 nitrogen and oxygen atoms in total. The van der Waals surface area contributed by atoms with Crippen LogP contribution in [0.1, 0.15) is 44.1 Å². The van der Waals surface area contributed by atoms with E-state index in [0.717, 1.165) is 58.2 Å². The molecule has 2 fully saturated rings. The number of nitrogens with zero attached hydrogens (tertiary/aromatic N) is 2. The largest absolute Gasteiger partial charge is 0.353 e. The Kier molecular flexibility index (Phi) is 9.72. The first-order valence-corrected chi connectivity index (χ1v) is 8.88. The fourth-order valence-corrected chi connectivity index (χ4v) is 3.77. The maximum absolute atomic E-state index is 12.4. The lowest BCUT2D eigenvalue weighted by Gasteiger charge is -2.34. The van der Waals surface area contributed by atoms with Gasteiger partial charge in [0.05, 0.1) is 0 Å². The third-order valence-electron chi connectivity index (χ3n) is 5.18. The lowest BCUT2D eigenvalue weighted by atomic mass is 9.85. The molecule has 1 aromatic rings. The zero-order valence-corrected chi connectivity index (χ0v) is 16.2. The van der Waals surface area contributed by atoms with Gasteiger partial charge in [-0.15, -0.1) is 24.8 Å². The lowest BCUT2D eigenvalue weighted by molar-refractivity contribution is -0.127. The fraction of sp³-hybridized carbons (Fsp3) is 0.667. The van der Waals surface area contributed by atoms with Gasteiger partial charge in [0, 0.05) is 50.0 Å². The zero-order chi connectivity index (χ0) is 16.1. The average Bonchev–Trinajstić information content (AvgIpc) is 2.57. The number of carbonyl (C=O) groups excluding carboxylic acids is 1. The maximum Gasteiger partial charge on any atom is 0.223 e. The summed E-state index contributed by atoms with van der Waals surface area (Å²) in [6.45, 7) is 3.05. The van der Waals surface area contributed by atoms with E-state index in [1.165, 1.54) is 5.56 Å². The predicted molar refractivity (Wildman–Crippen MR) is 105 cm³/mol. The van der Waals surface area contributed by atoms with E-state index >= 15 is 0 Å². The molecule has 25 heavy (non-hydrogen) atoms. The van der Waals surface area contributed by atoms with Crippen LogP contribution in [0.25, 0.3) is 0 Å². The lowest BCUT2D eigenvalue weighted by Crippen LogP contribution is -2.47. The average molecular weight is 389 g/mol. The molecule has 1 aliphatic heterocycles. The molecule has 1 aromatic heterocycles. The van der Waals surface area contributed by atoms with Crippen LogP contribution < -0.4 is 11.1 Å². The Bertz CT molecular complexity index is 509. The van der Waals surface area contributed by atoms with Crippen molar-refractivity contribution in [2.24, 2.45) is 11.7 Å². The number of pyridine rings is 1. The Morgan fingerprint density at radius 3 is 2.48 bits per heavy atom. The van der Waals surface area contributed by atoms with Crippen molar-refractivity contribution in [3.05, 3.63) is 30.1 Å². The van der Waals surface area contributed by atoms with E-state index in [1.807, 2.05) is 12.4 Å². The number of likely N-dealkylation sites (tertiary alicyclic amines) is 1. The van der Waals surface area contributed by atoms with Gasteiger partial charge < -0.3 is 11.1 Å². The van der Waals surface area contributed by atoms with Crippen LogP contribution in [-0.4, -0.2) is 41.0 Å². The minimum Gasteiger partial charge on any atom is -0.353 e.